The third-order valence-electron chi connectivity index (χ3n) is 3.10. The summed E-state index contributed by atoms with van der Waals surface area (Å²) in [5, 5.41) is 11.7. The molecule has 0 aromatic carbocycles. The first-order chi connectivity index (χ1) is 8.06. The van der Waals surface area contributed by atoms with Crippen molar-refractivity contribution >= 4 is 12.0 Å². The van der Waals surface area contributed by atoms with Crippen molar-refractivity contribution in [3.8, 4) is 0 Å². The number of carboxylic acids is 1. The molecule has 1 heterocycles. The molecule has 0 aromatic rings. The number of rotatable bonds is 4. The van der Waals surface area contributed by atoms with Gasteiger partial charge in [0.1, 0.15) is 6.04 Å². The second kappa shape index (κ2) is 6.27. The van der Waals surface area contributed by atoms with E-state index in [9.17, 15) is 9.59 Å². The van der Waals surface area contributed by atoms with Crippen LogP contribution in [-0.2, 0) is 4.79 Å². The van der Waals surface area contributed by atoms with Crippen molar-refractivity contribution in [2.75, 3.05) is 13.1 Å². The molecule has 0 bridgehead atoms. The van der Waals surface area contributed by atoms with E-state index in [1.807, 2.05) is 26.0 Å². The summed E-state index contributed by atoms with van der Waals surface area (Å²) in [4.78, 5) is 24.5. The van der Waals surface area contributed by atoms with E-state index in [2.05, 4.69) is 5.32 Å². The minimum absolute atomic E-state index is 0.0724. The zero-order valence-corrected chi connectivity index (χ0v) is 10.3. The van der Waals surface area contributed by atoms with Gasteiger partial charge >= 0.3 is 12.0 Å². The van der Waals surface area contributed by atoms with E-state index < -0.39 is 12.0 Å². The van der Waals surface area contributed by atoms with Crippen LogP contribution in [0.25, 0.3) is 0 Å². The number of amides is 2. The monoisotopic (exact) mass is 240 g/mol. The number of nitrogens with zero attached hydrogens (tertiary/aromatic N) is 1. The molecule has 1 aliphatic rings. The standard InChI is InChI=1S/C12H20N2O3/c1-3-9(2)10(11(15)16)13-12(17)14-7-5-4-6-8-14/h4-5,9-10H,3,6-8H2,1-2H3,(H,13,17)(H,15,16). The molecule has 0 saturated carbocycles. The summed E-state index contributed by atoms with van der Waals surface area (Å²) in [6.07, 6.45) is 5.49. The van der Waals surface area contributed by atoms with Gasteiger partial charge in [-0.05, 0) is 12.3 Å². The van der Waals surface area contributed by atoms with Gasteiger partial charge in [-0.3, -0.25) is 0 Å². The number of aliphatic carboxylic acids is 1. The third kappa shape index (κ3) is 3.76. The van der Waals surface area contributed by atoms with Gasteiger partial charge in [0.15, 0.2) is 0 Å². The summed E-state index contributed by atoms with van der Waals surface area (Å²) in [6.45, 7) is 4.94. The van der Waals surface area contributed by atoms with Crippen LogP contribution in [0.5, 0.6) is 0 Å². The Bertz CT molecular complexity index is 315. The van der Waals surface area contributed by atoms with Gasteiger partial charge in [-0.25, -0.2) is 9.59 Å². The Balaban J connectivity index is 2.57. The highest BCUT2D eigenvalue weighted by molar-refractivity contribution is 5.82. The molecule has 1 rings (SSSR count). The Morgan fingerprint density at radius 3 is 2.65 bits per heavy atom. The number of hydrogen-bond donors (Lipinski definition) is 2. The molecular weight excluding hydrogens is 220 g/mol. The van der Waals surface area contributed by atoms with Gasteiger partial charge in [-0.1, -0.05) is 32.4 Å². The largest absolute Gasteiger partial charge is 0.480 e. The Kier molecular flexibility index (Phi) is 5.00. The molecule has 5 heteroatoms. The summed E-state index contributed by atoms with van der Waals surface area (Å²) in [5.41, 5.74) is 0. The Morgan fingerprint density at radius 2 is 2.18 bits per heavy atom. The van der Waals surface area contributed by atoms with E-state index in [-0.39, 0.29) is 11.9 Å². The van der Waals surface area contributed by atoms with Crippen LogP contribution in [-0.4, -0.2) is 41.1 Å². The molecule has 0 saturated heterocycles. The molecule has 2 atom stereocenters. The van der Waals surface area contributed by atoms with Gasteiger partial charge in [0, 0.05) is 13.1 Å². The summed E-state index contributed by atoms with van der Waals surface area (Å²) in [7, 11) is 0. The van der Waals surface area contributed by atoms with Gasteiger partial charge in [0.05, 0.1) is 0 Å². The smallest absolute Gasteiger partial charge is 0.326 e. The van der Waals surface area contributed by atoms with E-state index in [0.717, 1.165) is 12.8 Å². The van der Waals surface area contributed by atoms with E-state index in [0.29, 0.717) is 13.1 Å². The fraction of sp³-hybridized carbons (Fsp3) is 0.667. The van der Waals surface area contributed by atoms with E-state index in [4.69, 9.17) is 5.11 Å². The summed E-state index contributed by atoms with van der Waals surface area (Å²) in [6, 6.07) is -1.10. The van der Waals surface area contributed by atoms with Gasteiger partial charge in [-0.15, -0.1) is 0 Å². The predicted molar refractivity (Wildman–Crippen MR) is 64.7 cm³/mol. The lowest BCUT2D eigenvalue weighted by atomic mass is 9.99. The van der Waals surface area contributed by atoms with Gasteiger partial charge in [0.2, 0.25) is 0 Å². The second-order valence-corrected chi connectivity index (χ2v) is 4.36. The number of hydrogen-bond acceptors (Lipinski definition) is 2. The second-order valence-electron chi connectivity index (χ2n) is 4.36. The third-order valence-corrected chi connectivity index (χ3v) is 3.10. The molecule has 96 valence electrons. The average Bonchev–Trinajstić information content (AvgIpc) is 2.35. The van der Waals surface area contributed by atoms with Crippen LogP contribution in [0.15, 0.2) is 12.2 Å². The molecule has 2 unspecified atom stereocenters. The lowest BCUT2D eigenvalue weighted by molar-refractivity contribution is -0.140. The number of carboxylic acid groups (broad SMARTS) is 1. The summed E-state index contributed by atoms with van der Waals surface area (Å²) < 4.78 is 0. The van der Waals surface area contributed by atoms with Gasteiger partial charge in [-0.2, -0.15) is 0 Å². The molecular formula is C12H20N2O3. The molecule has 2 amide bonds. The van der Waals surface area contributed by atoms with Crippen molar-refractivity contribution < 1.29 is 14.7 Å². The average molecular weight is 240 g/mol. The summed E-state index contributed by atoms with van der Waals surface area (Å²) >= 11 is 0. The van der Waals surface area contributed by atoms with Crippen LogP contribution in [0.1, 0.15) is 26.7 Å². The topological polar surface area (TPSA) is 69.6 Å². The fourth-order valence-corrected chi connectivity index (χ4v) is 1.73. The van der Waals surface area contributed by atoms with Crippen LogP contribution in [0.4, 0.5) is 4.79 Å². The minimum atomic E-state index is -0.972. The van der Waals surface area contributed by atoms with Crippen molar-refractivity contribution in [3.05, 3.63) is 12.2 Å². The number of urea groups is 1. The minimum Gasteiger partial charge on any atom is -0.480 e. The van der Waals surface area contributed by atoms with Crippen LogP contribution in [0.3, 0.4) is 0 Å². The maximum absolute atomic E-state index is 11.9. The molecule has 5 nitrogen and oxygen atoms in total. The lowest BCUT2D eigenvalue weighted by Crippen LogP contribution is -2.51. The van der Waals surface area contributed by atoms with E-state index >= 15 is 0 Å². The van der Waals surface area contributed by atoms with E-state index in [1.54, 1.807) is 4.90 Å². The van der Waals surface area contributed by atoms with Gasteiger partial charge < -0.3 is 15.3 Å². The number of carbonyl (C=O) groups is 2. The number of nitrogens with one attached hydrogen (secondary N) is 1. The molecule has 17 heavy (non-hydrogen) atoms. The Morgan fingerprint density at radius 1 is 1.47 bits per heavy atom. The highest BCUT2D eigenvalue weighted by Gasteiger charge is 2.27. The molecule has 0 aromatic heterocycles. The zero-order valence-electron chi connectivity index (χ0n) is 10.3. The van der Waals surface area contributed by atoms with Crippen molar-refractivity contribution in [1.82, 2.24) is 10.2 Å². The van der Waals surface area contributed by atoms with E-state index in [1.165, 1.54) is 0 Å². The van der Waals surface area contributed by atoms with Crippen molar-refractivity contribution in [1.29, 1.82) is 0 Å². The van der Waals surface area contributed by atoms with Crippen molar-refractivity contribution in [2.24, 2.45) is 5.92 Å². The zero-order chi connectivity index (χ0) is 12.8. The maximum atomic E-state index is 11.9. The first-order valence-corrected chi connectivity index (χ1v) is 5.99. The van der Waals surface area contributed by atoms with Crippen LogP contribution in [0, 0.1) is 5.92 Å². The quantitative estimate of drug-likeness (QED) is 0.731. The van der Waals surface area contributed by atoms with Crippen molar-refractivity contribution in [2.45, 2.75) is 32.7 Å². The first-order valence-electron chi connectivity index (χ1n) is 5.99. The number of carbonyl (C=O) groups excluding carboxylic acids is 1. The first kappa shape index (κ1) is 13.5. The predicted octanol–water partition coefficient (Wildman–Crippen LogP) is 1.46. The molecule has 0 radical (unpaired) electrons. The van der Waals surface area contributed by atoms with Crippen LogP contribution < -0.4 is 5.32 Å². The maximum Gasteiger partial charge on any atom is 0.326 e. The molecule has 0 aliphatic carbocycles. The fourth-order valence-electron chi connectivity index (χ4n) is 1.73. The molecule has 0 fully saturated rings. The highest BCUT2D eigenvalue weighted by Crippen LogP contribution is 2.09. The summed E-state index contributed by atoms with van der Waals surface area (Å²) in [5.74, 6) is -1.04. The van der Waals surface area contributed by atoms with Crippen LogP contribution in [0.2, 0.25) is 0 Å². The SMILES string of the molecule is CCC(C)C(NC(=O)N1CC=CCC1)C(=O)O. The highest BCUT2D eigenvalue weighted by atomic mass is 16.4. The molecule has 1 aliphatic heterocycles. The Labute approximate surface area is 101 Å². The molecule has 2 N–H and O–H groups in total. The Hall–Kier alpha value is -1.52. The van der Waals surface area contributed by atoms with Crippen LogP contribution >= 0.6 is 0 Å². The molecule has 0 spiro atoms. The van der Waals surface area contributed by atoms with Crippen molar-refractivity contribution in [3.63, 3.8) is 0 Å². The van der Waals surface area contributed by atoms with Gasteiger partial charge in [0.25, 0.3) is 0 Å². The normalized spacial score (nSPS) is 18.6. The lowest BCUT2D eigenvalue weighted by Gasteiger charge is -2.27.